The zero-order chi connectivity index (χ0) is 23.4. The zero-order valence-electron chi connectivity index (χ0n) is 18.8. The molecule has 9 heteroatoms. The summed E-state index contributed by atoms with van der Waals surface area (Å²) in [6.07, 6.45) is 5.46. The van der Waals surface area contributed by atoms with Gasteiger partial charge in [-0.3, -0.25) is 14.0 Å². The number of fused-ring (bicyclic) bond motifs is 3. The summed E-state index contributed by atoms with van der Waals surface area (Å²) >= 11 is 0. The number of amides is 1. The van der Waals surface area contributed by atoms with Crippen LogP contribution < -0.4 is 5.56 Å². The SMILES string of the molecule is COCc1cc2c(cc1C(=O)N1CC3=C(C1)C(F)CC=C3)[nH]c(=O)c1cnc(C3CCOC3)n12. The number of halogens is 1. The fourth-order valence-electron chi connectivity index (χ4n) is 5.30. The van der Waals surface area contributed by atoms with Crippen molar-refractivity contribution >= 4 is 22.5 Å². The van der Waals surface area contributed by atoms with Gasteiger partial charge in [0, 0.05) is 44.7 Å². The van der Waals surface area contributed by atoms with E-state index in [9.17, 15) is 14.0 Å². The highest BCUT2D eigenvalue weighted by molar-refractivity contribution is 6.00. The monoisotopic (exact) mass is 464 g/mol. The summed E-state index contributed by atoms with van der Waals surface area (Å²) in [5.74, 6) is 0.673. The van der Waals surface area contributed by atoms with E-state index in [4.69, 9.17) is 9.47 Å². The van der Waals surface area contributed by atoms with Gasteiger partial charge in [0.2, 0.25) is 0 Å². The number of nitrogens with one attached hydrogen (secondary N) is 1. The van der Waals surface area contributed by atoms with Crippen molar-refractivity contribution in [3.8, 4) is 0 Å². The minimum absolute atomic E-state index is 0.100. The lowest BCUT2D eigenvalue weighted by molar-refractivity contribution is 0.0789. The zero-order valence-corrected chi connectivity index (χ0v) is 18.8. The molecule has 0 saturated carbocycles. The van der Waals surface area contributed by atoms with Crippen LogP contribution in [0.25, 0.3) is 16.6 Å². The standard InChI is InChI=1S/C25H25FN4O4/c1-33-12-16-7-21-20(28-24(31)22-9-27-23(30(21)22)15-5-6-34-13-15)8-17(16)25(32)29-10-14-3-2-4-19(26)18(14)11-29/h2-3,7-9,15,19H,4-6,10-13H2,1H3,(H,28,31). The Morgan fingerprint density at radius 3 is 2.97 bits per heavy atom. The average Bonchev–Trinajstić information content (AvgIpc) is 3.58. The molecule has 8 nitrogen and oxygen atoms in total. The lowest BCUT2D eigenvalue weighted by atomic mass is 9.99. The molecule has 4 heterocycles. The quantitative estimate of drug-likeness (QED) is 0.642. The van der Waals surface area contributed by atoms with Gasteiger partial charge in [0.05, 0.1) is 30.4 Å². The van der Waals surface area contributed by atoms with Gasteiger partial charge in [0.1, 0.15) is 17.5 Å². The van der Waals surface area contributed by atoms with Crippen LogP contribution in [0.4, 0.5) is 4.39 Å². The van der Waals surface area contributed by atoms with Crippen LogP contribution in [-0.2, 0) is 16.1 Å². The first-order valence-corrected chi connectivity index (χ1v) is 11.5. The second-order valence-electron chi connectivity index (χ2n) is 9.13. The summed E-state index contributed by atoms with van der Waals surface area (Å²) in [6, 6.07) is 3.60. The third-order valence-electron chi connectivity index (χ3n) is 7.02. The van der Waals surface area contributed by atoms with Crippen molar-refractivity contribution in [2.45, 2.75) is 31.5 Å². The molecule has 1 N–H and O–H groups in total. The number of imidazole rings is 1. The summed E-state index contributed by atoms with van der Waals surface area (Å²) in [7, 11) is 1.58. The van der Waals surface area contributed by atoms with Crippen LogP contribution in [0.5, 0.6) is 0 Å². The minimum Gasteiger partial charge on any atom is -0.381 e. The van der Waals surface area contributed by atoms with Crippen LogP contribution in [0.1, 0.15) is 40.5 Å². The predicted molar refractivity (Wildman–Crippen MR) is 124 cm³/mol. The Morgan fingerprint density at radius 1 is 1.32 bits per heavy atom. The third kappa shape index (κ3) is 3.30. The molecular formula is C25H25FN4O4. The van der Waals surface area contributed by atoms with Gasteiger partial charge in [-0.05, 0) is 35.3 Å². The maximum atomic E-state index is 14.4. The first kappa shape index (κ1) is 21.2. The Labute approximate surface area is 194 Å². The number of methoxy groups -OCH3 is 1. The number of allylic oxidation sites excluding steroid dienone is 1. The normalized spacial score (nSPS) is 22.4. The molecule has 6 rings (SSSR count). The third-order valence-corrected chi connectivity index (χ3v) is 7.02. The first-order chi connectivity index (χ1) is 16.5. The molecule has 1 saturated heterocycles. The van der Waals surface area contributed by atoms with Gasteiger partial charge < -0.3 is 19.4 Å². The summed E-state index contributed by atoms with van der Waals surface area (Å²) in [6.45, 7) is 2.09. The summed E-state index contributed by atoms with van der Waals surface area (Å²) in [5.41, 5.74) is 4.17. The molecule has 0 bridgehead atoms. The van der Waals surface area contributed by atoms with Crippen molar-refractivity contribution in [1.82, 2.24) is 19.3 Å². The molecule has 2 atom stereocenters. The molecular weight excluding hydrogens is 439 g/mol. The van der Waals surface area contributed by atoms with E-state index < -0.39 is 6.17 Å². The largest absolute Gasteiger partial charge is 0.381 e. The number of aromatic nitrogens is 3. The van der Waals surface area contributed by atoms with Gasteiger partial charge in [-0.2, -0.15) is 0 Å². The Balaban J connectivity index is 1.46. The molecule has 34 heavy (non-hydrogen) atoms. The second kappa shape index (κ2) is 8.18. The smallest absolute Gasteiger partial charge is 0.274 e. The Hall–Kier alpha value is -3.30. The molecule has 1 amide bonds. The van der Waals surface area contributed by atoms with E-state index in [1.54, 1.807) is 24.3 Å². The molecule has 2 unspecified atom stereocenters. The Morgan fingerprint density at radius 2 is 2.21 bits per heavy atom. The number of hydrogen-bond acceptors (Lipinski definition) is 5. The molecule has 1 fully saturated rings. The van der Waals surface area contributed by atoms with Crippen LogP contribution in [0.3, 0.4) is 0 Å². The number of benzene rings is 1. The molecule has 1 aliphatic carbocycles. The number of carbonyl (C=O) groups excluding carboxylic acids is 1. The van der Waals surface area contributed by atoms with Crippen LogP contribution in [0.2, 0.25) is 0 Å². The Bertz CT molecular complexity index is 1430. The van der Waals surface area contributed by atoms with Gasteiger partial charge in [-0.25, -0.2) is 9.37 Å². The van der Waals surface area contributed by atoms with Gasteiger partial charge in [-0.15, -0.1) is 0 Å². The molecule has 3 aromatic rings. The van der Waals surface area contributed by atoms with E-state index in [-0.39, 0.29) is 30.5 Å². The van der Waals surface area contributed by atoms with Crippen molar-refractivity contribution in [1.29, 1.82) is 0 Å². The topological polar surface area (TPSA) is 88.9 Å². The van der Waals surface area contributed by atoms with Gasteiger partial charge in [0.15, 0.2) is 0 Å². The second-order valence-corrected chi connectivity index (χ2v) is 9.13. The highest BCUT2D eigenvalue weighted by Crippen LogP contribution is 2.32. The molecule has 0 spiro atoms. The number of H-pyrrole nitrogens is 1. The van der Waals surface area contributed by atoms with E-state index in [1.807, 2.05) is 22.6 Å². The average molecular weight is 464 g/mol. The van der Waals surface area contributed by atoms with Crippen LogP contribution in [-0.4, -0.2) is 64.8 Å². The van der Waals surface area contributed by atoms with Crippen LogP contribution in [0.15, 0.2) is 46.4 Å². The summed E-state index contributed by atoms with van der Waals surface area (Å²) in [5, 5.41) is 0. The molecule has 0 radical (unpaired) electrons. The lowest BCUT2D eigenvalue weighted by Gasteiger charge is -2.20. The molecule has 176 valence electrons. The van der Waals surface area contributed by atoms with Crippen molar-refractivity contribution in [2.75, 3.05) is 33.4 Å². The predicted octanol–water partition coefficient (Wildman–Crippen LogP) is 2.88. The number of alkyl halides is 1. The highest BCUT2D eigenvalue weighted by atomic mass is 19.1. The van der Waals surface area contributed by atoms with E-state index in [1.165, 1.54) is 0 Å². The van der Waals surface area contributed by atoms with Gasteiger partial charge in [-0.1, -0.05) is 12.2 Å². The summed E-state index contributed by atoms with van der Waals surface area (Å²) in [4.78, 5) is 35.5. The number of aromatic amines is 1. The fourth-order valence-corrected chi connectivity index (χ4v) is 5.30. The number of nitrogens with zero attached hydrogens (tertiary/aromatic N) is 3. The van der Waals surface area contributed by atoms with Crippen LogP contribution >= 0.6 is 0 Å². The Kier molecular flexibility index (Phi) is 5.11. The van der Waals surface area contributed by atoms with Crippen molar-refractivity contribution < 1.29 is 18.7 Å². The number of carbonyl (C=O) groups is 1. The van der Waals surface area contributed by atoms with Crippen molar-refractivity contribution in [3.05, 3.63) is 68.9 Å². The highest BCUT2D eigenvalue weighted by Gasteiger charge is 2.32. The fraction of sp³-hybridized carbons (Fsp3) is 0.400. The molecule has 1 aromatic carbocycles. The van der Waals surface area contributed by atoms with Gasteiger partial charge in [0.25, 0.3) is 11.5 Å². The van der Waals surface area contributed by atoms with Crippen molar-refractivity contribution in [2.24, 2.45) is 0 Å². The summed E-state index contributed by atoms with van der Waals surface area (Å²) < 4.78 is 27.2. The van der Waals surface area contributed by atoms with Crippen molar-refractivity contribution in [3.63, 3.8) is 0 Å². The van der Waals surface area contributed by atoms with E-state index in [2.05, 4.69) is 9.97 Å². The van der Waals surface area contributed by atoms with E-state index in [0.717, 1.165) is 23.3 Å². The number of rotatable bonds is 4. The molecule has 2 aromatic heterocycles. The van der Waals surface area contributed by atoms with Crippen LogP contribution in [0, 0.1) is 0 Å². The maximum Gasteiger partial charge on any atom is 0.274 e. The first-order valence-electron chi connectivity index (χ1n) is 11.5. The maximum absolute atomic E-state index is 14.4. The number of ether oxygens (including phenoxy) is 2. The molecule has 2 aliphatic heterocycles. The van der Waals surface area contributed by atoms with Gasteiger partial charge >= 0.3 is 0 Å². The van der Waals surface area contributed by atoms with E-state index in [0.29, 0.717) is 53.9 Å². The number of hydrogen-bond donors (Lipinski definition) is 1. The minimum atomic E-state index is -1.04. The molecule has 3 aliphatic rings. The lowest BCUT2D eigenvalue weighted by Crippen LogP contribution is -2.31. The van der Waals surface area contributed by atoms with E-state index >= 15 is 0 Å².